The first-order chi connectivity index (χ1) is 52.5. The van der Waals surface area contributed by atoms with E-state index in [2.05, 4.69) is 25.3 Å². The number of rotatable bonds is 9. The molecule has 8 aromatic carbocycles. The normalized spacial score (nSPS) is 19.3. The summed E-state index contributed by atoms with van der Waals surface area (Å²) in [5.41, 5.74) is -25.7. The fraction of sp³-hybridized carbons (Fsp3) is 0.0128. The van der Waals surface area contributed by atoms with Crippen molar-refractivity contribution < 1.29 is 110 Å². The molecular formula is C78H31F25N6P+. The molecule has 6 nitrogen and oxygen atoms in total. The quantitative estimate of drug-likeness (QED) is 0.0572. The van der Waals surface area contributed by atoms with E-state index in [0.717, 1.165) is 30.4 Å². The zero-order chi connectivity index (χ0) is 78.3. The molecule has 15 rings (SSSR count). The smallest absolute Gasteiger partial charge is 0.200 e. The van der Waals surface area contributed by atoms with Gasteiger partial charge in [-0.25, -0.2) is 125 Å². The number of hydrogen-bond acceptors (Lipinski definition) is 4. The van der Waals surface area contributed by atoms with E-state index in [-0.39, 0.29) is 10.7 Å². The number of aliphatic imine (C=N–C) groups is 3. The van der Waals surface area contributed by atoms with Gasteiger partial charge < -0.3 is 15.3 Å². The van der Waals surface area contributed by atoms with Crippen molar-refractivity contribution in [3.63, 3.8) is 0 Å². The molecule has 3 N–H and O–H groups in total. The summed E-state index contributed by atoms with van der Waals surface area (Å²) in [7, 11) is -4.01. The second kappa shape index (κ2) is 27.3. The number of benzene rings is 8. The van der Waals surface area contributed by atoms with Crippen LogP contribution in [0.25, 0.3) is 33.2 Å². The molecule has 0 amide bonds. The van der Waals surface area contributed by atoms with Crippen LogP contribution in [0.2, 0.25) is 0 Å². The van der Waals surface area contributed by atoms with E-state index in [4.69, 9.17) is 4.99 Å². The highest BCUT2D eigenvalue weighted by Crippen LogP contribution is 2.64. The summed E-state index contributed by atoms with van der Waals surface area (Å²) in [5.74, 6) is -67.8. The molecule has 552 valence electrons. The van der Waals surface area contributed by atoms with Gasteiger partial charge in [0.05, 0.1) is 67.7 Å². The maximum Gasteiger partial charge on any atom is 0.200 e. The van der Waals surface area contributed by atoms with Gasteiger partial charge in [0.1, 0.15) is 28.9 Å². The van der Waals surface area contributed by atoms with E-state index in [1.54, 1.807) is 91.0 Å². The van der Waals surface area contributed by atoms with Crippen LogP contribution in [0.4, 0.5) is 110 Å². The SMILES string of the molecule is Fc1c(F)c(F)c(/C2=C3\C=CC(=N3)/C(c3c(F)c(F)c(F)c(F)c3F)=c3\cc/c([nH]3)=C(/[P+](c3ccccc3)(c3ccccc3)c3ccccc3)C3=N/C(=C(/c4c(F)c(F)c(F)c(F)c4F)C4C=C/C(=C(\c5c(F)c(F)c(F)c(F)c5F)c5ccc([nH]5)/C(c5c(F)c(F)c(F)c(F)c5F)=C5/C=CC2=N5)N4)C=C3)c(F)c1F. The average molecular weight is 1560 g/mol. The molecule has 2 aromatic heterocycles. The molecule has 7 heterocycles. The van der Waals surface area contributed by atoms with E-state index < -0.39 is 271 Å². The van der Waals surface area contributed by atoms with E-state index in [1.807, 2.05) is 0 Å². The summed E-state index contributed by atoms with van der Waals surface area (Å²) in [5, 5.41) is 2.28. The maximum absolute atomic E-state index is 17.0. The lowest BCUT2D eigenvalue weighted by atomic mass is 9.95. The van der Waals surface area contributed by atoms with Crippen LogP contribution in [0.3, 0.4) is 0 Å². The molecule has 5 aliphatic rings. The van der Waals surface area contributed by atoms with Crippen molar-refractivity contribution in [2.45, 2.75) is 6.04 Å². The number of aromatic amines is 2. The Balaban J connectivity index is 1.17. The second-order valence-corrected chi connectivity index (χ2v) is 27.6. The van der Waals surface area contributed by atoms with Crippen molar-refractivity contribution in [3.8, 4) is 0 Å². The zero-order valence-electron chi connectivity index (χ0n) is 53.9. The molecule has 110 heavy (non-hydrogen) atoms. The van der Waals surface area contributed by atoms with Gasteiger partial charge in [0, 0.05) is 50.3 Å². The van der Waals surface area contributed by atoms with Gasteiger partial charge in [0.2, 0.25) is 29.1 Å². The number of nitrogens with one attached hydrogen (secondary N) is 3. The molecule has 1 atom stereocenters. The Bertz CT molecular complexity index is 6060. The van der Waals surface area contributed by atoms with Gasteiger partial charge in [-0.3, -0.25) is 0 Å². The predicted molar refractivity (Wildman–Crippen MR) is 355 cm³/mol. The van der Waals surface area contributed by atoms with Gasteiger partial charge >= 0.3 is 0 Å². The van der Waals surface area contributed by atoms with E-state index in [9.17, 15) is 0 Å². The van der Waals surface area contributed by atoms with Gasteiger partial charge in [-0.05, 0) is 103 Å². The first kappa shape index (κ1) is 73.0. The number of halogens is 25. The summed E-state index contributed by atoms with van der Waals surface area (Å²) >= 11 is 0. The number of nitrogens with zero attached hydrogens (tertiary/aromatic N) is 3. The standard InChI is InChI=1S/C78H31F25N6P/c79-53-48(54(80)64(90)73(99)63(53)89)43-31-16-18-33(104-31)44(49-55(81)65(91)74(100)66(92)56(49)82)35-20-22-37(106-35)46(51-59(85)69(95)76(102)70(96)60(51)86)39-24-26-41(108-39)78(110(28-10-4-1-5-11-28,29-12-6-2-7-13-29)30-14-8-3-9-15-30)42-27-25-40(109-42)47(52-61(87)71(97)77(103)72(98)62(52)88)38-23-21-36(107-38)45(34-19-17-32(43)105-34)50-57(83)67(93)75(101)68(94)58(50)84/h1-27,37,104,106,109H/q+1/b43-32+,44-35+,45-36+,46-39+,47-40-,78-42-. The summed E-state index contributed by atoms with van der Waals surface area (Å²) in [6, 6.07) is 24.6. The summed E-state index contributed by atoms with van der Waals surface area (Å²) in [6.07, 6.45) is 5.62. The summed E-state index contributed by atoms with van der Waals surface area (Å²) in [4.78, 5) is 18.3. The molecule has 0 spiro atoms. The number of fused-ring (bicyclic) bond motifs is 9. The van der Waals surface area contributed by atoms with Crippen molar-refractivity contribution >= 4 is 73.5 Å². The molecule has 0 radical (unpaired) electrons. The third-order valence-corrected chi connectivity index (χ3v) is 22.7. The highest BCUT2D eigenvalue weighted by molar-refractivity contribution is 8.04. The number of aromatic nitrogens is 2. The molecule has 12 bridgehead atoms. The minimum Gasteiger partial charge on any atom is -0.374 e. The predicted octanol–water partition coefficient (Wildman–Crippen LogP) is 17.7. The minimum atomic E-state index is -4.01. The molecule has 0 saturated carbocycles. The van der Waals surface area contributed by atoms with Crippen molar-refractivity contribution in [2.75, 3.05) is 0 Å². The van der Waals surface area contributed by atoms with E-state index >= 15 is 110 Å². The lowest BCUT2D eigenvalue weighted by Crippen LogP contribution is -2.36. The molecular weight excluding hydrogens is 1530 g/mol. The monoisotopic (exact) mass is 1560 g/mol. The molecule has 0 saturated heterocycles. The molecule has 1 unspecified atom stereocenters. The van der Waals surface area contributed by atoms with Crippen molar-refractivity contribution in [1.29, 1.82) is 0 Å². The Kier molecular flexibility index (Phi) is 18.1. The van der Waals surface area contributed by atoms with Gasteiger partial charge in [-0.1, -0.05) is 60.7 Å². The molecule has 0 fully saturated rings. The molecule has 32 heteroatoms. The van der Waals surface area contributed by atoms with Crippen LogP contribution in [-0.4, -0.2) is 33.1 Å². The fourth-order valence-electron chi connectivity index (χ4n) is 13.5. The lowest BCUT2D eigenvalue weighted by molar-refractivity contribution is 0.375. The Labute approximate surface area is 599 Å². The van der Waals surface area contributed by atoms with Crippen molar-refractivity contribution in [2.24, 2.45) is 15.0 Å². The summed E-state index contributed by atoms with van der Waals surface area (Å²) in [6.45, 7) is 0. The number of H-pyrrole nitrogens is 2. The van der Waals surface area contributed by atoms with Crippen LogP contribution < -0.4 is 31.9 Å². The third-order valence-electron chi connectivity index (χ3n) is 18.3. The van der Waals surface area contributed by atoms with Gasteiger partial charge in [-0.2, -0.15) is 0 Å². The van der Waals surface area contributed by atoms with Crippen LogP contribution in [0.1, 0.15) is 39.2 Å². The average Bonchev–Trinajstić information content (AvgIpc) is 1.43. The molecule has 0 aliphatic carbocycles. The second-order valence-electron chi connectivity index (χ2n) is 24.3. The van der Waals surface area contributed by atoms with Crippen LogP contribution in [-0.2, 0) is 0 Å². The first-order valence-electron chi connectivity index (χ1n) is 31.5. The topological polar surface area (TPSA) is 80.7 Å². The highest BCUT2D eigenvalue weighted by atomic mass is 31.2. The Morgan fingerprint density at radius 1 is 0.255 bits per heavy atom. The van der Waals surface area contributed by atoms with E-state index in [1.165, 1.54) is 0 Å². The Hall–Kier alpha value is -12.5. The van der Waals surface area contributed by atoms with Crippen LogP contribution in [0, 0.1) is 145 Å². The minimum absolute atomic E-state index is 0.133. The fourth-order valence-corrected chi connectivity index (χ4v) is 18.0. The largest absolute Gasteiger partial charge is 0.374 e. The van der Waals surface area contributed by atoms with Crippen molar-refractivity contribution in [1.82, 2.24) is 15.3 Å². The third kappa shape index (κ3) is 11.1. The zero-order valence-corrected chi connectivity index (χ0v) is 54.8. The van der Waals surface area contributed by atoms with Crippen LogP contribution >= 0.6 is 7.26 Å². The Morgan fingerprint density at radius 3 is 0.982 bits per heavy atom. The maximum atomic E-state index is 17.0. The highest BCUT2D eigenvalue weighted by Gasteiger charge is 2.53. The van der Waals surface area contributed by atoms with Crippen molar-refractivity contribution in [3.05, 3.63) is 382 Å². The lowest BCUT2D eigenvalue weighted by Gasteiger charge is -2.29. The van der Waals surface area contributed by atoms with Gasteiger partial charge in [-0.15, -0.1) is 0 Å². The number of allylic oxidation sites excluding steroid dienone is 8. The van der Waals surface area contributed by atoms with E-state index in [0.29, 0.717) is 58.4 Å². The van der Waals surface area contributed by atoms with Crippen LogP contribution in [0.15, 0.2) is 202 Å². The summed E-state index contributed by atoms with van der Waals surface area (Å²) < 4.78 is 403. The molecule has 5 aliphatic heterocycles. The van der Waals surface area contributed by atoms with Gasteiger partial charge in [0.15, 0.2) is 122 Å². The number of hydrogen-bond donors (Lipinski definition) is 3. The Morgan fingerprint density at radius 2 is 0.564 bits per heavy atom. The van der Waals surface area contributed by atoms with Gasteiger partial charge in [0.25, 0.3) is 0 Å². The first-order valence-corrected chi connectivity index (χ1v) is 33.3. The molecule has 10 aromatic rings. The van der Waals surface area contributed by atoms with Crippen LogP contribution in [0.5, 0.6) is 0 Å².